The van der Waals surface area contributed by atoms with Crippen LogP contribution >= 0.6 is 0 Å². The third-order valence-corrected chi connectivity index (χ3v) is 5.30. The highest BCUT2D eigenvalue weighted by atomic mass is 19.1. The van der Waals surface area contributed by atoms with Crippen molar-refractivity contribution in [2.75, 3.05) is 23.3 Å². The molecule has 2 N–H and O–H groups in total. The van der Waals surface area contributed by atoms with Crippen LogP contribution in [0.3, 0.4) is 0 Å². The maximum atomic E-state index is 13.5. The number of benzene rings is 2. The van der Waals surface area contributed by atoms with Crippen LogP contribution in [-0.2, 0) is 16.1 Å². The van der Waals surface area contributed by atoms with E-state index in [2.05, 4.69) is 10.2 Å². The number of halogens is 2. The zero-order valence-electron chi connectivity index (χ0n) is 16.2. The van der Waals surface area contributed by atoms with Crippen molar-refractivity contribution in [2.24, 2.45) is 0 Å². The first-order valence-corrected chi connectivity index (χ1v) is 9.79. The van der Waals surface area contributed by atoms with Crippen LogP contribution in [-0.4, -0.2) is 34.9 Å². The van der Waals surface area contributed by atoms with Crippen molar-refractivity contribution in [1.29, 1.82) is 0 Å². The van der Waals surface area contributed by atoms with Crippen LogP contribution in [0, 0.1) is 11.6 Å². The van der Waals surface area contributed by atoms with E-state index in [4.69, 9.17) is 5.11 Å². The topological polar surface area (TPSA) is 72.9 Å². The first-order valence-electron chi connectivity index (χ1n) is 9.79. The van der Waals surface area contributed by atoms with Crippen molar-refractivity contribution >= 4 is 23.2 Å². The molecule has 2 amide bonds. The van der Waals surface area contributed by atoms with Gasteiger partial charge in [-0.05, 0) is 37.0 Å². The zero-order valence-corrected chi connectivity index (χ0v) is 16.2. The normalized spacial score (nSPS) is 16.8. The van der Waals surface area contributed by atoms with Crippen molar-refractivity contribution in [3.05, 3.63) is 65.4 Å². The lowest BCUT2D eigenvalue weighted by Crippen LogP contribution is -2.31. The van der Waals surface area contributed by atoms with E-state index >= 15 is 0 Å². The summed E-state index contributed by atoms with van der Waals surface area (Å²) in [6.45, 7) is 2.15. The number of carbonyl (C=O) groups is 2. The van der Waals surface area contributed by atoms with E-state index in [1.54, 1.807) is 0 Å². The van der Waals surface area contributed by atoms with Gasteiger partial charge in [0.25, 0.3) is 11.8 Å². The minimum Gasteiger partial charge on any atom is -0.503 e. The summed E-state index contributed by atoms with van der Waals surface area (Å²) >= 11 is 0. The Balaban J connectivity index is 1.43. The number of nitrogens with zero attached hydrogens (tertiary/aromatic N) is 2. The van der Waals surface area contributed by atoms with Gasteiger partial charge < -0.3 is 15.3 Å². The molecule has 0 aromatic heterocycles. The average molecular weight is 413 g/mol. The summed E-state index contributed by atoms with van der Waals surface area (Å²) in [6.07, 6.45) is 4.69. The molecule has 156 valence electrons. The lowest BCUT2D eigenvalue weighted by atomic mass is 10.1. The predicted octanol–water partition coefficient (Wildman–Crippen LogP) is 3.53. The molecule has 8 heteroatoms. The first kappa shape index (κ1) is 19.9. The second kappa shape index (κ2) is 8.14. The van der Waals surface area contributed by atoms with E-state index in [9.17, 15) is 18.4 Å². The van der Waals surface area contributed by atoms with E-state index in [1.165, 1.54) is 19.3 Å². The summed E-state index contributed by atoms with van der Waals surface area (Å²) in [7, 11) is 0. The number of piperidine rings is 1. The molecular formula is C22H21F2N3O3. The molecular weight excluding hydrogens is 392 g/mol. The van der Waals surface area contributed by atoms with Crippen molar-refractivity contribution in [3.63, 3.8) is 0 Å². The fraction of sp³-hybridized carbons (Fsp3) is 0.273. The van der Waals surface area contributed by atoms with Crippen LogP contribution in [0.15, 0.2) is 48.2 Å². The van der Waals surface area contributed by atoms with Gasteiger partial charge in [-0.1, -0.05) is 12.1 Å². The molecule has 0 spiro atoms. The van der Waals surface area contributed by atoms with E-state index in [1.807, 2.05) is 24.3 Å². The molecule has 2 aromatic rings. The largest absolute Gasteiger partial charge is 0.503 e. The summed E-state index contributed by atoms with van der Waals surface area (Å²) in [6, 6.07) is 9.44. The third-order valence-electron chi connectivity index (χ3n) is 5.30. The molecule has 0 saturated carbocycles. The number of nitrogens with one attached hydrogen (secondary N) is 1. The molecule has 2 heterocycles. The Morgan fingerprint density at radius 1 is 0.967 bits per heavy atom. The van der Waals surface area contributed by atoms with Gasteiger partial charge in [-0.25, -0.2) is 8.78 Å². The smallest absolute Gasteiger partial charge is 0.277 e. The van der Waals surface area contributed by atoms with Crippen molar-refractivity contribution < 1.29 is 23.5 Å². The Labute approximate surface area is 172 Å². The maximum absolute atomic E-state index is 13.5. The number of carbonyl (C=O) groups excluding carboxylic acids is 2. The van der Waals surface area contributed by atoms with Gasteiger partial charge >= 0.3 is 0 Å². The summed E-state index contributed by atoms with van der Waals surface area (Å²) in [4.78, 5) is 28.3. The zero-order chi connectivity index (χ0) is 21.3. The molecule has 4 rings (SSSR count). The Hall–Kier alpha value is -3.42. The maximum Gasteiger partial charge on any atom is 0.277 e. The number of imide groups is 1. The number of phenolic OH excluding ortho intramolecular Hbond substituents is 1. The molecule has 0 atom stereocenters. The Morgan fingerprint density at radius 2 is 1.60 bits per heavy atom. The van der Waals surface area contributed by atoms with Crippen molar-refractivity contribution in [1.82, 2.24) is 4.90 Å². The van der Waals surface area contributed by atoms with Gasteiger partial charge in [0.2, 0.25) is 0 Å². The van der Waals surface area contributed by atoms with E-state index in [0.717, 1.165) is 47.4 Å². The van der Waals surface area contributed by atoms with Crippen LogP contribution in [0.2, 0.25) is 0 Å². The summed E-state index contributed by atoms with van der Waals surface area (Å²) < 4.78 is 27.0. The molecule has 2 aromatic carbocycles. The SMILES string of the molecule is O=C1C=C(Nc2cc(F)c(O)c(F)c2)C(=O)N1Cc1ccc(N2CCCCC2)cc1. The fourth-order valence-electron chi connectivity index (χ4n) is 3.69. The minimum absolute atomic E-state index is 0.0806. The quantitative estimate of drug-likeness (QED) is 0.580. The molecule has 30 heavy (non-hydrogen) atoms. The van der Waals surface area contributed by atoms with Gasteiger partial charge in [0.05, 0.1) is 6.54 Å². The highest BCUT2D eigenvalue weighted by Crippen LogP contribution is 2.27. The molecule has 0 unspecified atom stereocenters. The number of rotatable bonds is 5. The number of amides is 2. The molecule has 1 fully saturated rings. The lowest BCUT2D eigenvalue weighted by molar-refractivity contribution is -0.137. The Bertz CT molecular complexity index is 992. The van der Waals surface area contributed by atoms with Crippen molar-refractivity contribution in [3.8, 4) is 5.75 Å². The van der Waals surface area contributed by atoms with Crippen LogP contribution in [0.4, 0.5) is 20.2 Å². The molecule has 0 aliphatic carbocycles. The van der Waals surface area contributed by atoms with Crippen molar-refractivity contribution in [2.45, 2.75) is 25.8 Å². The fourth-order valence-corrected chi connectivity index (χ4v) is 3.69. The van der Waals surface area contributed by atoms with Crippen LogP contribution < -0.4 is 10.2 Å². The summed E-state index contributed by atoms with van der Waals surface area (Å²) in [5, 5.41) is 11.7. The van der Waals surface area contributed by atoms with E-state index < -0.39 is 29.2 Å². The second-order valence-electron chi connectivity index (χ2n) is 7.42. The summed E-state index contributed by atoms with van der Waals surface area (Å²) in [5.74, 6) is -4.53. The number of hydrogen-bond donors (Lipinski definition) is 2. The van der Waals surface area contributed by atoms with E-state index in [-0.39, 0.29) is 17.9 Å². The van der Waals surface area contributed by atoms with Crippen LogP contribution in [0.25, 0.3) is 0 Å². The monoisotopic (exact) mass is 413 g/mol. The second-order valence-corrected chi connectivity index (χ2v) is 7.42. The Kier molecular flexibility index (Phi) is 5.39. The third kappa shape index (κ3) is 3.98. The standard InChI is InChI=1S/C22H21F2N3O3/c23-17-10-15(11-18(24)21(17)29)25-19-12-20(28)27(22(19)30)13-14-4-6-16(7-5-14)26-8-2-1-3-9-26/h4-7,10-12,25,29H,1-3,8-9,13H2. The molecule has 2 aliphatic heterocycles. The molecule has 0 radical (unpaired) electrons. The number of phenols is 1. The van der Waals surface area contributed by atoms with Crippen LogP contribution in [0.1, 0.15) is 24.8 Å². The Morgan fingerprint density at radius 3 is 2.23 bits per heavy atom. The van der Waals surface area contributed by atoms with Gasteiger partial charge in [-0.15, -0.1) is 0 Å². The summed E-state index contributed by atoms with van der Waals surface area (Å²) in [5.41, 5.74) is 1.75. The number of anilines is 2. The van der Waals surface area contributed by atoms with Gasteiger partial charge in [-0.3, -0.25) is 14.5 Å². The average Bonchev–Trinajstić information content (AvgIpc) is 3.00. The molecule has 2 aliphatic rings. The lowest BCUT2D eigenvalue weighted by Gasteiger charge is -2.29. The number of aromatic hydroxyl groups is 1. The number of hydrogen-bond acceptors (Lipinski definition) is 5. The van der Waals surface area contributed by atoms with Gasteiger partial charge in [0, 0.05) is 42.7 Å². The van der Waals surface area contributed by atoms with Gasteiger partial charge in [-0.2, -0.15) is 0 Å². The van der Waals surface area contributed by atoms with E-state index in [0.29, 0.717) is 0 Å². The molecule has 1 saturated heterocycles. The van der Waals surface area contributed by atoms with Gasteiger partial charge in [0.1, 0.15) is 5.70 Å². The highest BCUT2D eigenvalue weighted by Gasteiger charge is 2.31. The molecule has 0 bridgehead atoms. The predicted molar refractivity (Wildman–Crippen MR) is 108 cm³/mol. The van der Waals surface area contributed by atoms with Gasteiger partial charge in [0.15, 0.2) is 17.4 Å². The first-order chi connectivity index (χ1) is 14.4. The highest BCUT2D eigenvalue weighted by molar-refractivity contribution is 6.17. The minimum atomic E-state index is -1.17. The molecule has 6 nitrogen and oxygen atoms in total. The van der Waals surface area contributed by atoms with Crippen LogP contribution in [0.5, 0.6) is 5.75 Å².